The van der Waals surface area contributed by atoms with Crippen molar-refractivity contribution in [1.82, 2.24) is 60.0 Å². The summed E-state index contributed by atoms with van der Waals surface area (Å²) in [4.78, 5) is 191. The lowest BCUT2D eigenvalue weighted by Crippen LogP contribution is -2.65. The number of carbonyl (C=O) groups excluding carboxylic acids is 12. The maximum atomic E-state index is 15.8. The molecule has 5 aliphatic carbocycles. The highest BCUT2D eigenvalue weighted by molar-refractivity contribution is 6.21. The van der Waals surface area contributed by atoms with Gasteiger partial charge in [0.05, 0.1) is 45.2 Å². The van der Waals surface area contributed by atoms with Crippen LogP contribution < -0.4 is 16.0 Å². The molecule has 8 aliphatic rings. The van der Waals surface area contributed by atoms with Crippen molar-refractivity contribution in [3.8, 4) is 0 Å². The van der Waals surface area contributed by atoms with Crippen LogP contribution in [0.15, 0.2) is 0 Å². The number of alkyl halides is 4. The number of hydrogen-bond donors (Lipinski definition) is 3. The molecule has 8 rings (SSSR count). The highest BCUT2D eigenvalue weighted by Gasteiger charge is 2.52. The maximum Gasteiger partial charge on any atom is 0.393 e. The van der Waals surface area contributed by atoms with E-state index in [9.17, 15) is 41.9 Å². The highest BCUT2D eigenvalue weighted by atomic mass is 35.5. The summed E-state index contributed by atoms with van der Waals surface area (Å²) in [7, 11) is 10.1. The normalized spacial score (nSPS) is 30.5. The van der Waals surface area contributed by atoms with Crippen LogP contribution in [0.5, 0.6) is 0 Å². The maximum absolute atomic E-state index is 15.8. The van der Waals surface area contributed by atoms with Crippen molar-refractivity contribution >= 4 is 82.5 Å². The second-order valence-corrected chi connectivity index (χ2v) is 31.7. The van der Waals surface area contributed by atoms with Gasteiger partial charge in [0.15, 0.2) is 0 Å². The van der Waals surface area contributed by atoms with E-state index in [4.69, 9.17) is 16.3 Å². The van der Waals surface area contributed by atoms with Crippen LogP contribution in [0.1, 0.15) is 187 Å². The lowest BCUT2D eigenvalue weighted by molar-refractivity contribution is -0.182. The van der Waals surface area contributed by atoms with E-state index in [1.807, 2.05) is 13.8 Å². The summed E-state index contributed by atoms with van der Waals surface area (Å²) < 4.78 is 47.7. The molecule has 0 bridgehead atoms. The van der Waals surface area contributed by atoms with E-state index in [1.54, 1.807) is 0 Å². The summed E-state index contributed by atoms with van der Waals surface area (Å²) in [5, 5.41) is 7.68. The van der Waals surface area contributed by atoms with Gasteiger partial charge >= 0.3 is 6.18 Å². The SMILES string of the molecule is CC(C)C[C@H]1C(=O)N[C@@H](C2CCC2)C(=O)N(C)CC(=O)N(C)CC(=O)N(C)[C@@H](CC2CCCCC2)C(=O)N(C)CC(=O)N[C@@H](CCC2CCC(C(F)(F)F)C(Cl)C2)C(=O)N2CCC[C@H]2C(=O)NC2(CCCC2)C(=O)N(C)[C@@H](C2CCCCC2)C(=O)N(C)[C@H](C(=O)N2CCOCC2)CC(=O)N1C. The molecule has 3 N–H and O–H groups in total. The Morgan fingerprint density at radius 1 is 0.574 bits per heavy atom. The summed E-state index contributed by atoms with van der Waals surface area (Å²) in [5.74, 6) is -10.4. The van der Waals surface area contributed by atoms with E-state index in [0.717, 1.165) is 62.7 Å². The number of carbonyl (C=O) groups is 12. The molecular formula is C72H114ClF3N12O13. The Bertz CT molecular complexity index is 2960. The van der Waals surface area contributed by atoms with Gasteiger partial charge in [-0.15, -0.1) is 11.6 Å². The summed E-state index contributed by atoms with van der Waals surface area (Å²) in [6, 6.07) is -8.50. The first-order valence-electron chi connectivity index (χ1n) is 37.4. The molecule has 101 heavy (non-hydrogen) atoms. The first-order chi connectivity index (χ1) is 47.8. The molecule has 568 valence electrons. The molecule has 0 aromatic rings. The Morgan fingerprint density at radius 3 is 1.78 bits per heavy atom. The number of rotatable bonds is 10. The third-order valence-corrected chi connectivity index (χ3v) is 24.0. The van der Waals surface area contributed by atoms with Crippen molar-refractivity contribution < 1.29 is 75.4 Å². The van der Waals surface area contributed by atoms with E-state index >= 15 is 28.8 Å². The fourth-order valence-electron chi connectivity index (χ4n) is 17.0. The molecule has 0 aromatic heterocycles. The minimum Gasteiger partial charge on any atom is -0.378 e. The number of ether oxygens (including phenoxy) is 1. The molecule has 0 radical (unpaired) electrons. The van der Waals surface area contributed by atoms with Crippen LogP contribution in [-0.2, 0) is 62.3 Å². The van der Waals surface area contributed by atoms with E-state index in [0.29, 0.717) is 44.9 Å². The number of nitrogens with one attached hydrogen (secondary N) is 3. The zero-order chi connectivity index (χ0) is 73.8. The van der Waals surface area contributed by atoms with Crippen molar-refractivity contribution in [3.05, 3.63) is 0 Å². The Kier molecular flexibility index (Phi) is 28.6. The highest BCUT2D eigenvalue weighted by Crippen LogP contribution is 2.44. The van der Waals surface area contributed by atoms with Crippen molar-refractivity contribution in [2.24, 2.45) is 35.5 Å². The van der Waals surface area contributed by atoms with Gasteiger partial charge in [0.25, 0.3) is 0 Å². The predicted octanol–water partition coefficient (Wildman–Crippen LogP) is 5.08. The van der Waals surface area contributed by atoms with Crippen molar-refractivity contribution in [2.75, 3.05) is 102 Å². The van der Waals surface area contributed by atoms with Gasteiger partial charge < -0.3 is 64.8 Å². The van der Waals surface area contributed by atoms with Gasteiger partial charge in [-0.25, -0.2) is 0 Å². The lowest BCUT2D eigenvalue weighted by atomic mass is 9.78. The van der Waals surface area contributed by atoms with Gasteiger partial charge in [-0.1, -0.05) is 84.5 Å². The average Bonchev–Trinajstić information content (AvgIpc) is 1.42. The summed E-state index contributed by atoms with van der Waals surface area (Å²) >= 11 is 6.41. The van der Waals surface area contributed by atoms with Gasteiger partial charge in [0.2, 0.25) is 70.9 Å². The van der Waals surface area contributed by atoms with Gasteiger partial charge in [-0.2, -0.15) is 13.2 Å². The number of nitrogens with zero attached hydrogens (tertiary/aromatic N) is 9. The molecule has 3 heterocycles. The van der Waals surface area contributed by atoms with Crippen LogP contribution in [0.4, 0.5) is 13.2 Å². The Labute approximate surface area is 599 Å². The van der Waals surface area contributed by atoms with Crippen LogP contribution >= 0.6 is 11.6 Å². The number of likely N-dealkylation sites (N-methyl/N-ethyl adjacent to an activating group) is 7. The largest absolute Gasteiger partial charge is 0.393 e. The molecule has 5 saturated carbocycles. The smallest absolute Gasteiger partial charge is 0.378 e. The Balaban J connectivity index is 1.15. The molecule has 3 aliphatic heterocycles. The van der Waals surface area contributed by atoms with Crippen LogP contribution in [0.3, 0.4) is 0 Å². The minimum absolute atomic E-state index is 0.000959. The first kappa shape index (κ1) is 80.4. The lowest BCUT2D eigenvalue weighted by Gasteiger charge is -2.43. The van der Waals surface area contributed by atoms with Crippen LogP contribution in [0, 0.1) is 35.5 Å². The molecular weight excluding hydrogens is 1330 g/mol. The van der Waals surface area contributed by atoms with Crippen molar-refractivity contribution in [1.29, 1.82) is 0 Å². The Hall–Kier alpha value is -6.32. The average molecular weight is 1450 g/mol. The molecule has 3 unspecified atom stereocenters. The van der Waals surface area contributed by atoms with Crippen molar-refractivity contribution in [2.45, 2.75) is 247 Å². The summed E-state index contributed by atoms with van der Waals surface area (Å²) in [6.07, 6.45) is 7.12. The molecule has 12 amide bonds. The first-order valence-corrected chi connectivity index (χ1v) is 37.8. The zero-order valence-corrected chi connectivity index (χ0v) is 61.9. The number of halogens is 4. The summed E-state index contributed by atoms with van der Waals surface area (Å²) in [6.45, 7) is 2.97. The molecule has 8 fully saturated rings. The molecule has 29 heteroatoms. The van der Waals surface area contributed by atoms with E-state index in [1.165, 1.54) is 88.5 Å². The Morgan fingerprint density at radius 2 is 1.18 bits per heavy atom. The minimum atomic E-state index is -4.51. The zero-order valence-electron chi connectivity index (χ0n) is 61.2. The fourth-order valence-corrected chi connectivity index (χ4v) is 17.5. The van der Waals surface area contributed by atoms with Gasteiger partial charge in [0, 0.05) is 74.3 Å². The molecule has 0 aromatic carbocycles. The molecule has 10 atom stereocenters. The quantitative estimate of drug-likeness (QED) is 0.241. The van der Waals surface area contributed by atoms with Gasteiger partial charge in [-0.3, -0.25) is 57.5 Å². The number of fused-ring (bicyclic) bond motifs is 1. The van der Waals surface area contributed by atoms with E-state index in [-0.39, 0.29) is 121 Å². The third-order valence-electron chi connectivity index (χ3n) is 23.5. The fraction of sp³-hybridized carbons (Fsp3) is 0.833. The molecule has 1 spiro atoms. The number of morpholine rings is 1. The summed E-state index contributed by atoms with van der Waals surface area (Å²) in [5.41, 5.74) is -1.56. The topological polar surface area (TPSA) is 279 Å². The molecule has 25 nitrogen and oxygen atoms in total. The van der Waals surface area contributed by atoms with Crippen LogP contribution in [0.2, 0.25) is 0 Å². The molecule has 3 saturated heterocycles. The van der Waals surface area contributed by atoms with Crippen LogP contribution in [0.25, 0.3) is 0 Å². The second-order valence-electron chi connectivity index (χ2n) is 31.1. The predicted molar refractivity (Wildman–Crippen MR) is 369 cm³/mol. The van der Waals surface area contributed by atoms with Crippen LogP contribution in [-0.4, -0.2) is 276 Å². The van der Waals surface area contributed by atoms with Gasteiger partial charge in [-0.05, 0) is 126 Å². The number of hydrogen-bond acceptors (Lipinski definition) is 13. The van der Waals surface area contributed by atoms with Gasteiger partial charge in [0.1, 0.15) is 47.8 Å². The standard InChI is InChI=1S/C72H114ClF3N12O13/c1-45(2)38-54-63(93)78-61(48-24-18-25-48)68(98)82(5)43-59(91)80(3)44-60(92)84(7)55(40-46-20-12-10-13-21-46)66(96)81(4)42-57(89)77-52(30-28-47-27-29-50(51(73)39-47)72(74,75)76)65(95)88-33-19-26-53(88)64(94)79-71(31-16-17-32-71)70(100)86(9)62(49-22-14-11-15-23-49)69(99)85(8)56(41-58(90)83(54)6)67(97)87-34-36-101-37-35-87/h45-56,61-62H,10-44H2,1-9H3,(H,77,89)(H,78,93)(H,79,94)/t47?,50?,51?,52-,53-,54-,55-,56-,61-,62-/m0/s1. The number of amides is 12. The van der Waals surface area contributed by atoms with E-state index in [2.05, 4.69) is 16.0 Å². The third kappa shape index (κ3) is 20.1. The monoisotopic (exact) mass is 1450 g/mol. The van der Waals surface area contributed by atoms with Crippen molar-refractivity contribution in [3.63, 3.8) is 0 Å². The second kappa shape index (κ2) is 35.9. The van der Waals surface area contributed by atoms with E-state index < -0.39 is 168 Å².